The first kappa shape index (κ1) is 35.1. The molecule has 0 saturated carbocycles. The summed E-state index contributed by atoms with van der Waals surface area (Å²) < 4.78 is 30.0. The van der Waals surface area contributed by atoms with Crippen LogP contribution in [-0.2, 0) is 30.6 Å². The van der Waals surface area contributed by atoms with Gasteiger partial charge in [-0.2, -0.15) is 0 Å². The normalized spacial score (nSPS) is 12.8. The molecule has 1 atom stereocenters. The molecule has 0 aliphatic heterocycles. The lowest BCUT2D eigenvalue weighted by atomic mass is 10.0. The van der Waals surface area contributed by atoms with Crippen molar-refractivity contribution in [3.8, 4) is 0 Å². The van der Waals surface area contributed by atoms with Gasteiger partial charge in [-0.25, -0.2) is 8.42 Å². The van der Waals surface area contributed by atoms with Crippen molar-refractivity contribution in [2.24, 2.45) is 5.92 Å². The van der Waals surface area contributed by atoms with Gasteiger partial charge in [-0.05, 0) is 32.3 Å². The highest BCUT2D eigenvalue weighted by Crippen LogP contribution is 2.23. The van der Waals surface area contributed by atoms with Crippen molar-refractivity contribution in [3.05, 3.63) is 35.9 Å². The second kappa shape index (κ2) is 20.1. The van der Waals surface area contributed by atoms with E-state index in [2.05, 4.69) is 6.92 Å². The Bertz CT molecular complexity index is 894. The zero-order valence-corrected chi connectivity index (χ0v) is 25.6. The predicted molar refractivity (Wildman–Crippen MR) is 160 cm³/mol. The number of carboxylic acid groups (broad SMARTS) is 1. The molecule has 1 rings (SSSR count). The number of hydrogen-bond acceptors (Lipinski definition) is 5. The van der Waals surface area contributed by atoms with Crippen molar-refractivity contribution in [1.82, 2.24) is 0 Å². The van der Waals surface area contributed by atoms with Gasteiger partial charge < -0.3 is 9.84 Å². The van der Waals surface area contributed by atoms with E-state index in [0.29, 0.717) is 0 Å². The van der Waals surface area contributed by atoms with E-state index < -0.39 is 38.2 Å². The Balaban J connectivity index is 2.18. The lowest BCUT2D eigenvalue weighted by Crippen LogP contribution is -2.42. The number of carbonyl (C=O) groups is 2. The van der Waals surface area contributed by atoms with Crippen molar-refractivity contribution in [2.45, 2.75) is 135 Å². The summed E-state index contributed by atoms with van der Waals surface area (Å²) in [6.45, 7) is 4.96. The maximum atomic E-state index is 13.0. The second-order valence-corrected chi connectivity index (χ2v) is 14.3. The quantitative estimate of drug-likeness (QED) is 0.101. The Kier molecular flexibility index (Phi) is 18.1. The van der Waals surface area contributed by atoms with E-state index in [1.807, 2.05) is 6.07 Å². The largest absolute Gasteiger partial charge is 0.481 e. The van der Waals surface area contributed by atoms with Crippen LogP contribution >= 0.6 is 0 Å². The number of unbranched alkanes of at least 4 members (excludes halogenated alkanes) is 14. The fourth-order valence-electron chi connectivity index (χ4n) is 4.66. The van der Waals surface area contributed by atoms with Gasteiger partial charge in [-0.1, -0.05) is 127 Å². The first-order chi connectivity index (χ1) is 18.6. The number of aliphatic carboxylic acids is 1. The van der Waals surface area contributed by atoms with Gasteiger partial charge in [-0.3, -0.25) is 9.59 Å². The minimum atomic E-state index is -3.83. The number of carboxylic acids is 1. The molecular weight excluding hydrogens is 512 g/mol. The molecule has 6 nitrogen and oxygen atoms in total. The van der Waals surface area contributed by atoms with Crippen LogP contribution in [0.4, 0.5) is 0 Å². The molecule has 0 fully saturated rings. The molecule has 224 valence electrons. The number of carbonyl (C=O) groups excluding carboxylic acids is 1. The molecule has 1 unspecified atom stereocenters. The van der Waals surface area contributed by atoms with Gasteiger partial charge in [0.2, 0.25) is 0 Å². The van der Waals surface area contributed by atoms with Crippen molar-refractivity contribution >= 4 is 21.8 Å². The smallest absolute Gasteiger partial charge is 0.307 e. The summed E-state index contributed by atoms with van der Waals surface area (Å²) >= 11 is 0. The Morgan fingerprint density at radius 1 is 0.795 bits per heavy atom. The Labute approximate surface area is 238 Å². The first-order valence-electron chi connectivity index (χ1n) is 15.2. The van der Waals surface area contributed by atoms with E-state index in [9.17, 15) is 23.1 Å². The third-order valence-corrected chi connectivity index (χ3v) is 10.1. The molecule has 0 aliphatic rings. The highest BCUT2D eigenvalue weighted by Gasteiger charge is 2.39. The Morgan fingerprint density at radius 2 is 1.26 bits per heavy atom. The monoisotopic (exact) mass is 566 g/mol. The maximum absolute atomic E-state index is 13.0. The topological polar surface area (TPSA) is 97.7 Å². The maximum Gasteiger partial charge on any atom is 0.307 e. The molecular formula is C32H54O6S. The summed E-state index contributed by atoms with van der Waals surface area (Å²) in [6, 6.07) is 8.99. The number of sulfone groups is 1. The third-order valence-electron chi connectivity index (χ3n) is 7.50. The minimum Gasteiger partial charge on any atom is -0.481 e. The van der Waals surface area contributed by atoms with Gasteiger partial charge >= 0.3 is 11.9 Å². The van der Waals surface area contributed by atoms with Crippen molar-refractivity contribution in [1.29, 1.82) is 0 Å². The van der Waals surface area contributed by atoms with Crippen LogP contribution in [0.15, 0.2) is 30.3 Å². The van der Waals surface area contributed by atoms with Crippen molar-refractivity contribution in [3.63, 3.8) is 0 Å². The molecule has 0 amide bonds. The summed E-state index contributed by atoms with van der Waals surface area (Å²) in [5, 5.41) is 9.59. The molecule has 0 aliphatic carbocycles. The van der Waals surface area contributed by atoms with E-state index in [-0.39, 0.29) is 19.4 Å². The average Bonchev–Trinajstić information content (AvgIpc) is 2.89. The molecule has 1 N–H and O–H groups in total. The molecule has 0 bridgehead atoms. The Hall–Kier alpha value is -1.89. The minimum absolute atomic E-state index is 0.129. The number of rotatable bonds is 24. The zero-order valence-electron chi connectivity index (χ0n) is 24.8. The summed E-state index contributed by atoms with van der Waals surface area (Å²) in [5.41, 5.74) is 0.771. The van der Waals surface area contributed by atoms with Crippen LogP contribution < -0.4 is 0 Å². The second-order valence-electron chi connectivity index (χ2n) is 11.6. The summed E-state index contributed by atoms with van der Waals surface area (Å²) in [7, 11) is -3.83. The number of ether oxygens (including phenoxy) is 1. The van der Waals surface area contributed by atoms with E-state index >= 15 is 0 Å². The van der Waals surface area contributed by atoms with Crippen LogP contribution in [0, 0.1) is 5.92 Å². The van der Waals surface area contributed by atoms with Crippen LogP contribution in [-0.4, -0.2) is 42.6 Å². The van der Waals surface area contributed by atoms with Crippen LogP contribution in [0.5, 0.6) is 0 Å². The predicted octanol–water partition coefficient (Wildman–Crippen LogP) is 7.93. The zero-order chi connectivity index (χ0) is 29.0. The average molecular weight is 567 g/mol. The highest BCUT2D eigenvalue weighted by molar-refractivity contribution is 7.92. The molecule has 1 aromatic rings. The van der Waals surface area contributed by atoms with E-state index in [1.54, 1.807) is 24.3 Å². The van der Waals surface area contributed by atoms with Gasteiger partial charge in [0.15, 0.2) is 9.84 Å². The van der Waals surface area contributed by atoms with Crippen LogP contribution in [0.3, 0.4) is 0 Å². The number of esters is 1. The Morgan fingerprint density at radius 3 is 1.72 bits per heavy atom. The van der Waals surface area contributed by atoms with E-state index in [0.717, 1.165) is 24.8 Å². The molecule has 0 heterocycles. The molecule has 1 aromatic carbocycles. The summed E-state index contributed by atoms with van der Waals surface area (Å²) in [5.74, 6) is -3.11. The highest BCUT2D eigenvalue weighted by atomic mass is 32.2. The first-order valence-corrected chi connectivity index (χ1v) is 16.9. The lowest BCUT2D eigenvalue weighted by Gasteiger charge is -2.26. The molecule has 0 spiro atoms. The molecule has 0 aromatic heterocycles. The van der Waals surface area contributed by atoms with Crippen molar-refractivity contribution in [2.75, 3.05) is 12.4 Å². The number of hydrogen-bond donors (Lipinski definition) is 1. The van der Waals surface area contributed by atoms with E-state index in [1.165, 1.54) is 90.9 Å². The molecule has 7 heteroatoms. The standard InChI is InChI=1S/C32H54O6S/c1-4-5-6-7-8-9-10-11-12-13-14-15-16-17-21-24-30(33)38-27-32(2,3)39(36,37)26-29(31(34)35)25-28-22-19-18-20-23-28/h18-20,22-23,29H,4-17,21,24-27H2,1-3H3,(H,34,35). The fourth-order valence-corrected chi connectivity index (χ4v) is 6.14. The number of benzene rings is 1. The van der Waals surface area contributed by atoms with Gasteiger partial charge in [0.1, 0.15) is 11.4 Å². The SMILES string of the molecule is CCCCCCCCCCCCCCCCCC(=O)OCC(C)(C)S(=O)(=O)CC(Cc1ccccc1)C(=O)O. The molecule has 39 heavy (non-hydrogen) atoms. The molecule has 0 radical (unpaired) electrons. The van der Waals surface area contributed by atoms with Crippen LogP contribution in [0.2, 0.25) is 0 Å². The van der Waals surface area contributed by atoms with Crippen molar-refractivity contribution < 1.29 is 27.9 Å². The molecule has 0 saturated heterocycles. The summed E-state index contributed by atoms with van der Waals surface area (Å²) in [4.78, 5) is 24.0. The van der Waals surface area contributed by atoms with Gasteiger partial charge in [0.05, 0.1) is 11.7 Å². The van der Waals surface area contributed by atoms with Crippen LogP contribution in [0.1, 0.15) is 129 Å². The lowest BCUT2D eigenvalue weighted by molar-refractivity contribution is -0.144. The van der Waals surface area contributed by atoms with Gasteiger partial charge in [0.25, 0.3) is 0 Å². The van der Waals surface area contributed by atoms with Crippen LogP contribution in [0.25, 0.3) is 0 Å². The van der Waals surface area contributed by atoms with E-state index in [4.69, 9.17) is 4.74 Å². The van der Waals surface area contributed by atoms with Gasteiger partial charge in [0, 0.05) is 6.42 Å². The van der Waals surface area contributed by atoms with Gasteiger partial charge in [-0.15, -0.1) is 0 Å². The summed E-state index contributed by atoms with van der Waals surface area (Å²) in [6.07, 6.45) is 19.2. The fraction of sp³-hybridized carbons (Fsp3) is 0.750. The third kappa shape index (κ3) is 16.1.